The van der Waals surface area contributed by atoms with Crippen molar-refractivity contribution in [3.63, 3.8) is 0 Å². The van der Waals surface area contributed by atoms with E-state index >= 15 is 0 Å². The maximum absolute atomic E-state index is 12.9. The largest absolute Gasteiger partial charge is 0.416 e. The summed E-state index contributed by atoms with van der Waals surface area (Å²) in [5, 5.41) is 2.81. The molecular weight excluding hydrogens is 357 g/mol. The second kappa shape index (κ2) is 7.96. The van der Waals surface area contributed by atoms with E-state index in [1.54, 1.807) is 19.2 Å². The fraction of sp³-hybridized carbons (Fsp3) is 0.368. The minimum atomic E-state index is -4.45. The van der Waals surface area contributed by atoms with Gasteiger partial charge in [0.25, 0.3) is 5.91 Å². The molecule has 8 heteroatoms. The van der Waals surface area contributed by atoms with Gasteiger partial charge in [0.2, 0.25) is 0 Å². The molecule has 2 aromatic rings. The first-order valence-corrected chi connectivity index (χ1v) is 8.38. The summed E-state index contributed by atoms with van der Waals surface area (Å²) in [5.74, 6) is -0.0988. The fourth-order valence-electron chi connectivity index (χ4n) is 2.57. The van der Waals surface area contributed by atoms with Crippen LogP contribution in [0, 0.1) is 5.41 Å². The number of alkyl halides is 3. The van der Waals surface area contributed by atoms with Crippen LogP contribution in [0.3, 0.4) is 0 Å². The van der Waals surface area contributed by atoms with Gasteiger partial charge >= 0.3 is 6.18 Å². The van der Waals surface area contributed by atoms with Crippen molar-refractivity contribution in [1.29, 1.82) is 0 Å². The molecule has 0 aliphatic heterocycles. The third kappa shape index (κ3) is 5.43. The number of pyridine rings is 1. The second-order valence-electron chi connectivity index (χ2n) is 7.13. The molecule has 27 heavy (non-hydrogen) atoms. The van der Waals surface area contributed by atoms with Gasteiger partial charge in [0, 0.05) is 25.5 Å². The second-order valence-corrected chi connectivity index (χ2v) is 7.13. The number of nitrogens with zero attached hydrogens (tertiary/aromatic N) is 2. The zero-order valence-corrected chi connectivity index (χ0v) is 15.5. The van der Waals surface area contributed by atoms with E-state index in [0.29, 0.717) is 13.1 Å². The predicted octanol–water partition coefficient (Wildman–Crippen LogP) is 3.90. The van der Waals surface area contributed by atoms with Gasteiger partial charge in [-0.3, -0.25) is 4.79 Å². The highest BCUT2D eigenvalue weighted by Crippen LogP contribution is 2.31. The number of amides is 1. The van der Waals surface area contributed by atoms with E-state index in [9.17, 15) is 18.0 Å². The predicted molar refractivity (Wildman–Crippen MR) is 98.8 cm³/mol. The van der Waals surface area contributed by atoms with Crippen LogP contribution in [-0.4, -0.2) is 35.9 Å². The summed E-state index contributed by atoms with van der Waals surface area (Å²) >= 11 is 0. The summed E-state index contributed by atoms with van der Waals surface area (Å²) in [6.07, 6.45) is -2.98. The number of aromatic nitrogens is 1. The number of nitrogens with two attached hydrogens (primary N) is 1. The summed E-state index contributed by atoms with van der Waals surface area (Å²) in [7, 11) is 1.65. The molecule has 0 fully saturated rings. The van der Waals surface area contributed by atoms with Crippen LogP contribution in [0.15, 0.2) is 42.6 Å². The van der Waals surface area contributed by atoms with Crippen molar-refractivity contribution >= 4 is 17.4 Å². The van der Waals surface area contributed by atoms with E-state index in [1.165, 1.54) is 23.2 Å². The average Bonchev–Trinajstić information content (AvgIpc) is 2.61. The molecule has 0 atom stereocenters. The Hall–Kier alpha value is -2.61. The Balaban J connectivity index is 2.27. The quantitative estimate of drug-likeness (QED) is 0.797. The van der Waals surface area contributed by atoms with Gasteiger partial charge in [-0.2, -0.15) is 13.2 Å². The molecular formula is C19H23F3N4O. The van der Waals surface area contributed by atoms with Gasteiger partial charge in [-0.25, -0.2) is 4.98 Å². The lowest BCUT2D eigenvalue weighted by molar-refractivity contribution is -0.137. The molecule has 0 saturated heterocycles. The lowest BCUT2D eigenvalue weighted by Gasteiger charge is -2.29. The van der Waals surface area contributed by atoms with Gasteiger partial charge in [-0.15, -0.1) is 0 Å². The van der Waals surface area contributed by atoms with Gasteiger partial charge in [-0.1, -0.05) is 19.9 Å². The van der Waals surface area contributed by atoms with E-state index in [2.05, 4.69) is 10.3 Å². The molecule has 1 aromatic carbocycles. The number of halogens is 3. The fourth-order valence-corrected chi connectivity index (χ4v) is 2.57. The highest BCUT2D eigenvalue weighted by atomic mass is 19.4. The van der Waals surface area contributed by atoms with Crippen molar-refractivity contribution in [1.82, 2.24) is 9.88 Å². The first-order valence-electron chi connectivity index (χ1n) is 8.38. The topological polar surface area (TPSA) is 71.2 Å². The normalized spacial score (nSPS) is 12.0. The molecule has 5 nitrogen and oxygen atoms in total. The minimum absolute atomic E-state index is 0.194. The molecule has 0 saturated carbocycles. The molecule has 0 bridgehead atoms. The Kier molecular flexibility index (Phi) is 6.10. The van der Waals surface area contributed by atoms with Crippen LogP contribution in [0.25, 0.3) is 0 Å². The SMILES string of the molecule is CN(CC(C)(C)CN)C(=O)c1cccnc1Nc1cccc(C(F)(F)F)c1. The lowest BCUT2D eigenvalue weighted by Crippen LogP contribution is -2.40. The summed E-state index contributed by atoms with van der Waals surface area (Å²) in [4.78, 5) is 18.5. The van der Waals surface area contributed by atoms with Crippen molar-refractivity contribution in [3.05, 3.63) is 53.7 Å². The molecule has 1 aromatic heterocycles. The average molecular weight is 380 g/mol. The molecule has 0 unspecified atom stereocenters. The van der Waals surface area contributed by atoms with E-state index in [1.807, 2.05) is 13.8 Å². The van der Waals surface area contributed by atoms with Crippen molar-refractivity contribution < 1.29 is 18.0 Å². The molecule has 3 N–H and O–H groups in total. The smallest absolute Gasteiger partial charge is 0.341 e. The van der Waals surface area contributed by atoms with Gasteiger partial charge in [0.05, 0.1) is 11.1 Å². The minimum Gasteiger partial charge on any atom is -0.341 e. The van der Waals surface area contributed by atoms with Gasteiger partial charge in [0.15, 0.2) is 0 Å². The molecule has 146 valence electrons. The van der Waals surface area contributed by atoms with Crippen molar-refractivity contribution in [2.45, 2.75) is 20.0 Å². The number of carbonyl (C=O) groups is 1. The number of anilines is 2. The number of benzene rings is 1. The molecule has 0 aliphatic rings. The zero-order chi connectivity index (χ0) is 20.2. The standard InChI is InChI=1S/C19H23F3N4O/c1-18(2,11-23)12-26(3)17(27)15-8-5-9-24-16(15)25-14-7-4-6-13(10-14)19(20,21)22/h4-10H,11-12,23H2,1-3H3,(H,24,25). The Morgan fingerprint density at radius 3 is 2.56 bits per heavy atom. The Morgan fingerprint density at radius 1 is 1.22 bits per heavy atom. The number of hydrogen-bond donors (Lipinski definition) is 2. The number of carbonyl (C=O) groups excluding carboxylic acids is 1. The molecule has 2 rings (SSSR count). The first-order chi connectivity index (χ1) is 12.5. The van der Waals surface area contributed by atoms with Crippen molar-refractivity contribution in [2.24, 2.45) is 11.1 Å². The van der Waals surface area contributed by atoms with Crippen LogP contribution in [0.2, 0.25) is 0 Å². The third-order valence-electron chi connectivity index (χ3n) is 4.06. The molecule has 0 aliphatic carbocycles. The van der Waals surface area contributed by atoms with Crippen LogP contribution in [0.5, 0.6) is 0 Å². The maximum atomic E-state index is 12.9. The summed E-state index contributed by atoms with van der Waals surface area (Å²) in [5.41, 5.74) is 5.14. The van der Waals surface area contributed by atoms with Gasteiger partial charge < -0.3 is 16.0 Å². The Bertz CT molecular complexity index is 806. The molecule has 0 radical (unpaired) electrons. The van der Waals surface area contributed by atoms with Crippen LogP contribution in [-0.2, 0) is 6.18 Å². The molecule has 1 amide bonds. The van der Waals surface area contributed by atoms with E-state index in [-0.39, 0.29) is 28.4 Å². The molecule has 1 heterocycles. The van der Waals surface area contributed by atoms with Crippen LogP contribution >= 0.6 is 0 Å². The van der Waals surface area contributed by atoms with E-state index < -0.39 is 11.7 Å². The monoisotopic (exact) mass is 380 g/mol. The number of nitrogens with one attached hydrogen (secondary N) is 1. The first kappa shape index (κ1) is 20.7. The summed E-state index contributed by atoms with van der Waals surface area (Å²) in [6.45, 7) is 4.73. The highest BCUT2D eigenvalue weighted by Gasteiger charge is 2.30. The summed E-state index contributed by atoms with van der Waals surface area (Å²) < 4.78 is 38.7. The van der Waals surface area contributed by atoms with Crippen molar-refractivity contribution in [3.8, 4) is 0 Å². The van der Waals surface area contributed by atoms with Crippen LogP contribution in [0.4, 0.5) is 24.7 Å². The van der Waals surface area contributed by atoms with Crippen molar-refractivity contribution in [2.75, 3.05) is 25.5 Å². The summed E-state index contributed by atoms with van der Waals surface area (Å²) in [6, 6.07) is 7.93. The maximum Gasteiger partial charge on any atom is 0.416 e. The Labute approximate surface area is 156 Å². The van der Waals surface area contributed by atoms with E-state index in [0.717, 1.165) is 12.1 Å². The van der Waals surface area contributed by atoms with Crippen LogP contribution in [0.1, 0.15) is 29.8 Å². The van der Waals surface area contributed by atoms with E-state index in [4.69, 9.17) is 5.73 Å². The molecule has 0 spiro atoms. The number of hydrogen-bond acceptors (Lipinski definition) is 4. The van der Waals surface area contributed by atoms with Crippen LogP contribution < -0.4 is 11.1 Å². The third-order valence-corrected chi connectivity index (χ3v) is 4.06. The van der Waals surface area contributed by atoms with Gasteiger partial charge in [0.1, 0.15) is 5.82 Å². The number of rotatable bonds is 6. The zero-order valence-electron chi connectivity index (χ0n) is 15.5. The van der Waals surface area contributed by atoms with Gasteiger partial charge in [-0.05, 0) is 42.3 Å². The lowest BCUT2D eigenvalue weighted by atomic mass is 9.93. The highest BCUT2D eigenvalue weighted by molar-refractivity contribution is 5.99. The Morgan fingerprint density at radius 2 is 1.93 bits per heavy atom.